The van der Waals surface area contributed by atoms with E-state index >= 15 is 0 Å². The van der Waals surface area contributed by atoms with Gasteiger partial charge < -0.3 is 11.1 Å². The smallest absolute Gasteiger partial charge is 0.243 e. The Hall–Kier alpha value is -1.60. The second kappa shape index (κ2) is 6.44. The first kappa shape index (κ1) is 15.8. The van der Waals surface area contributed by atoms with E-state index in [1.54, 1.807) is 12.1 Å². The average Bonchev–Trinajstić information content (AvgIpc) is 2.46. The van der Waals surface area contributed by atoms with Crippen molar-refractivity contribution in [1.82, 2.24) is 9.62 Å². The van der Waals surface area contributed by atoms with Gasteiger partial charge in [-0.25, -0.2) is 8.42 Å². The van der Waals surface area contributed by atoms with Gasteiger partial charge in [0.05, 0.1) is 4.90 Å². The van der Waals surface area contributed by atoms with Crippen LogP contribution in [0, 0.1) is 5.92 Å². The van der Waals surface area contributed by atoms with Gasteiger partial charge in [-0.2, -0.15) is 4.31 Å². The van der Waals surface area contributed by atoms with E-state index in [0.29, 0.717) is 31.2 Å². The number of carbonyl (C=O) groups is 1. The minimum absolute atomic E-state index is 0.0491. The summed E-state index contributed by atoms with van der Waals surface area (Å²) >= 11 is 0. The molecule has 1 aromatic carbocycles. The lowest BCUT2D eigenvalue weighted by molar-refractivity contribution is -0.119. The fourth-order valence-corrected chi connectivity index (χ4v) is 3.90. The van der Waals surface area contributed by atoms with E-state index in [4.69, 9.17) is 5.73 Å². The van der Waals surface area contributed by atoms with E-state index in [1.807, 2.05) is 0 Å². The molecule has 3 N–H and O–H groups in total. The van der Waals surface area contributed by atoms with Crippen molar-refractivity contribution in [3.63, 3.8) is 0 Å². The number of carbonyl (C=O) groups excluding carboxylic acids is 1. The number of anilines is 1. The highest BCUT2D eigenvalue weighted by Gasteiger charge is 2.29. The molecule has 0 unspecified atom stereocenters. The predicted molar refractivity (Wildman–Crippen MR) is 81.0 cm³/mol. The minimum Gasteiger partial charge on any atom is -0.399 e. The van der Waals surface area contributed by atoms with Crippen LogP contribution >= 0.6 is 0 Å². The molecular formula is C14H21N3O3S. The number of nitrogens with two attached hydrogens (primary N) is 1. The number of amides is 1. The Bertz CT molecular complexity index is 590. The summed E-state index contributed by atoms with van der Waals surface area (Å²) in [5, 5.41) is 2.79. The molecule has 0 bridgehead atoms. The number of benzene rings is 1. The summed E-state index contributed by atoms with van der Waals surface area (Å²) in [6.07, 6.45) is 1.52. The van der Waals surface area contributed by atoms with Gasteiger partial charge in [-0.05, 0) is 43.0 Å². The summed E-state index contributed by atoms with van der Waals surface area (Å²) in [7, 11) is -3.44. The number of sulfonamides is 1. The Balaban J connectivity index is 1.97. The second-order valence-electron chi connectivity index (χ2n) is 5.35. The summed E-state index contributed by atoms with van der Waals surface area (Å²) in [5.41, 5.74) is 6.13. The highest BCUT2D eigenvalue weighted by Crippen LogP contribution is 2.23. The summed E-state index contributed by atoms with van der Waals surface area (Å²) in [6, 6.07) is 6.26. The summed E-state index contributed by atoms with van der Waals surface area (Å²) in [6.45, 7) is 3.07. The lowest BCUT2D eigenvalue weighted by Crippen LogP contribution is -2.41. The van der Waals surface area contributed by atoms with Gasteiger partial charge in [-0.1, -0.05) is 0 Å². The maximum atomic E-state index is 12.5. The maximum absolute atomic E-state index is 12.5. The molecule has 0 aromatic heterocycles. The molecule has 0 spiro atoms. The number of hydrogen-bond donors (Lipinski definition) is 2. The van der Waals surface area contributed by atoms with Crippen molar-refractivity contribution in [2.45, 2.75) is 24.7 Å². The van der Waals surface area contributed by atoms with Crippen LogP contribution in [-0.4, -0.2) is 38.3 Å². The Labute approximate surface area is 125 Å². The van der Waals surface area contributed by atoms with Crippen LogP contribution in [0.5, 0.6) is 0 Å². The zero-order valence-electron chi connectivity index (χ0n) is 12.1. The number of nitrogens with one attached hydrogen (secondary N) is 1. The molecule has 1 aromatic rings. The highest BCUT2D eigenvalue weighted by molar-refractivity contribution is 7.89. The zero-order chi connectivity index (χ0) is 15.5. The van der Waals surface area contributed by atoms with Crippen molar-refractivity contribution in [3.8, 4) is 0 Å². The zero-order valence-corrected chi connectivity index (χ0v) is 12.9. The van der Waals surface area contributed by atoms with Crippen LogP contribution in [0.3, 0.4) is 0 Å². The molecule has 1 fully saturated rings. The van der Waals surface area contributed by atoms with Gasteiger partial charge >= 0.3 is 0 Å². The van der Waals surface area contributed by atoms with Crippen LogP contribution < -0.4 is 11.1 Å². The highest BCUT2D eigenvalue weighted by atomic mass is 32.2. The summed E-state index contributed by atoms with van der Waals surface area (Å²) < 4.78 is 26.5. The molecule has 0 aliphatic carbocycles. The topological polar surface area (TPSA) is 92.5 Å². The number of nitrogens with zero attached hydrogens (tertiary/aromatic N) is 1. The number of piperidine rings is 1. The van der Waals surface area contributed by atoms with Crippen LogP contribution in [0.15, 0.2) is 29.2 Å². The molecule has 1 aliphatic rings. The van der Waals surface area contributed by atoms with Crippen molar-refractivity contribution >= 4 is 21.6 Å². The monoisotopic (exact) mass is 311 g/mol. The molecule has 1 amide bonds. The third kappa shape index (κ3) is 3.95. The van der Waals surface area contributed by atoms with Crippen LogP contribution in [-0.2, 0) is 14.8 Å². The van der Waals surface area contributed by atoms with Gasteiger partial charge in [0.2, 0.25) is 15.9 Å². The number of hydrogen-bond acceptors (Lipinski definition) is 4. The number of rotatable bonds is 4. The standard InChI is InChI=1S/C14H21N3O3S/c1-11(18)16-10-12-6-8-17(9-7-12)21(19,20)14-4-2-13(15)3-5-14/h2-5,12H,6-10,15H2,1H3,(H,16,18). The molecule has 0 atom stereocenters. The first-order valence-electron chi connectivity index (χ1n) is 6.99. The van der Waals surface area contributed by atoms with Gasteiger partial charge in [0, 0.05) is 32.2 Å². The third-order valence-electron chi connectivity index (χ3n) is 3.73. The van der Waals surface area contributed by atoms with E-state index < -0.39 is 10.0 Å². The predicted octanol–water partition coefficient (Wildman–Crippen LogP) is 0.806. The number of nitrogen functional groups attached to an aromatic ring is 1. The van der Waals surface area contributed by atoms with Crippen molar-refractivity contribution in [2.24, 2.45) is 5.92 Å². The van der Waals surface area contributed by atoms with Crippen molar-refractivity contribution in [3.05, 3.63) is 24.3 Å². The van der Waals surface area contributed by atoms with E-state index in [-0.39, 0.29) is 10.8 Å². The van der Waals surface area contributed by atoms with Gasteiger partial charge in [0.15, 0.2) is 0 Å². The molecule has 7 heteroatoms. The molecule has 1 saturated heterocycles. The van der Waals surface area contributed by atoms with Crippen LogP contribution in [0.25, 0.3) is 0 Å². The molecule has 6 nitrogen and oxygen atoms in total. The SMILES string of the molecule is CC(=O)NCC1CCN(S(=O)(=O)c2ccc(N)cc2)CC1. The van der Waals surface area contributed by atoms with E-state index in [0.717, 1.165) is 12.8 Å². The first-order chi connectivity index (χ1) is 9.89. The summed E-state index contributed by atoms with van der Waals surface area (Å²) in [4.78, 5) is 11.2. The van der Waals surface area contributed by atoms with Gasteiger partial charge in [0.1, 0.15) is 0 Å². The van der Waals surface area contributed by atoms with Gasteiger partial charge in [-0.15, -0.1) is 0 Å². The Morgan fingerprint density at radius 1 is 1.29 bits per heavy atom. The van der Waals surface area contributed by atoms with Crippen LogP contribution in [0.2, 0.25) is 0 Å². The van der Waals surface area contributed by atoms with E-state index in [1.165, 1.54) is 23.4 Å². The Morgan fingerprint density at radius 2 is 1.86 bits per heavy atom. The maximum Gasteiger partial charge on any atom is 0.243 e. The molecule has 1 aliphatic heterocycles. The normalized spacial score (nSPS) is 17.6. The van der Waals surface area contributed by atoms with Gasteiger partial charge in [0.25, 0.3) is 0 Å². The lowest BCUT2D eigenvalue weighted by Gasteiger charge is -2.31. The van der Waals surface area contributed by atoms with E-state index in [9.17, 15) is 13.2 Å². The second-order valence-corrected chi connectivity index (χ2v) is 7.29. The quantitative estimate of drug-likeness (QED) is 0.805. The van der Waals surface area contributed by atoms with Crippen LogP contribution in [0.4, 0.5) is 5.69 Å². The fourth-order valence-electron chi connectivity index (χ4n) is 2.43. The Morgan fingerprint density at radius 3 is 2.38 bits per heavy atom. The summed E-state index contributed by atoms with van der Waals surface area (Å²) in [5.74, 6) is 0.290. The van der Waals surface area contributed by atoms with Crippen LogP contribution in [0.1, 0.15) is 19.8 Å². The Kier molecular flexibility index (Phi) is 4.84. The average molecular weight is 311 g/mol. The van der Waals surface area contributed by atoms with E-state index in [2.05, 4.69) is 5.32 Å². The van der Waals surface area contributed by atoms with Crippen molar-refractivity contribution < 1.29 is 13.2 Å². The lowest BCUT2D eigenvalue weighted by atomic mass is 9.98. The molecule has 0 saturated carbocycles. The molecule has 1 heterocycles. The largest absolute Gasteiger partial charge is 0.399 e. The molecule has 0 radical (unpaired) electrons. The van der Waals surface area contributed by atoms with Gasteiger partial charge in [-0.3, -0.25) is 4.79 Å². The van der Waals surface area contributed by atoms with Crippen molar-refractivity contribution in [1.29, 1.82) is 0 Å². The minimum atomic E-state index is -3.44. The molecule has 2 rings (SSSR count). The molecule has 116 valence electrons. The molecule has 21 heavy (non-hydrogen) atoms. The third-order valence-corrected chi connectivity index (χ3v) is 5.64. The van der Waals surface area contributed by atoms with Crippen molar-refractivity contribution in [2.75, 3.05) is 25.4 Å². The molecular weight excluding hydrogens is 290 g/mol. The first-order valence-corrected chi connectivity index (χ1v) is 8.44. The fraction of sp³-hybridized carbons (Fsp3) is 0.500.